The van der Waals surface area contributed by atoms with Gasteiger partial charge in [-0.15, -0.1) is 0 Å². The number of rotatable bonds is 2. The number of carbonyl (C=O) groups is 1. The molecule has 100 valence electrons. The van der Waals surface area contributed by atoms with Gasteiger partial charge in [0.2, 0.25) is 0 Å². The molecule has 0 unspecified atom stereocenters. The fraction of sp³-hybridized carbons (Fsp3) is 0.417. The molecule has 0 radical (unpaired) electrons. The molecule has 3 nitrogen and oxygen atoms in total. The Kier molecular flexibility index (Phi) is 4.82. The van der Waals surface area contributed by atoms with E-state index in [0.717, 1.165) is 0 Å². The molecule has 0 saturated heterocycles. The van der Waals surface area contributed by atoms with Crippen molar-refractivity contribution in [2.24, 2.45) is 0 Å². The predicted molar refractivity (Wildman–Crippen MR) is 69.5 cm³/mol. The Labute approximate surface area is 115 Å². The van der Waals surface area contributed by atoms with E-state index in [1.165, 1.54) is 12.1 Å². The molecule has 0 aliphatic rings. The first-order valence-electron chi connectivity index (χ1n) is 5.30. The standard InChI is InChI=1S/C12H14Cl2FNO2/c1-12(2,3)18-11(17)16-6-7-9(15)5-4-8(13)10(7)14/h4-5H,6H2,1-3H3,(H,16,17). The van der Waals surface area contributed by atoms with Gasteiger partial charge in [0.1, 0.15) is 11.4 Å². The Morgan fingerprint density at radius 3 is 2.56 bits per heavy atom. The molecule has 0 aliphatic heterocycles. The molecule has 18 heavy (non-hydrogen) atoms. The number of hydrogen-bond donors (Lipinski definition) is 1. The van der Waals surface area contributed by atoms with Crippen LogP contribution in [0.3, 0.4) is 0 Å². The Morgan fingerprint density at radius 2 is 2.00 bits per heavy atom. The fourth-order valence-electron chi connectivity index (χ4n) is 1.21. The zero-order valence-electron chi connectivity index (χ0n) is 10.3. The molecule has 0 aliphatic carbocycles. The van der Waals surface area contributed by atoms with Gasteiger partial charge in [-0.3, -0.25) is 0 Å². The minimum atomic E-state index is -0.641. The normalized spacial score (nSPS) is 11.2. The first-order chi connectivity index (χ1) is 8.20. The molecule has 0 spiro atoms. The zero-order chi connectivity index (χ0) is 13.9. The van der Waals surface area contributed by atoms with Gasteiger partial charge in [-0.2, -0.15) is 0 Å². The number of alkyl carbamates (subject to hydrolysis) is 1. The lowest BCUT2D eigenvalue weighted by atomic mass is 10.2. The van der Waals surface area contributed by atoms with Crippen molar-refractivity contribution in [1.82, 2.24) is 5.32 Å². The first kappa shape index (κ1) is 15.1. The fourth-order valence-corrected chi connectivity index (χ4v) is 1.60. The summed E-state index contributed by atoms with van der Waals surface area (Å²) in [4.78, 5) is 11.4. The molecule has 0 atom stereocenters. The molecule has 0 heterocycles. The minimum absolute atomic E-state index is 0.0832. The number of amides is 1. The van der Waals surface area contributed by atoms with Gasteiger partial charge in [0, 0.05) is 5.56 Å². The van der Waals surface area contributed by atoms with E-state index in [2.05, 4.69) is 5.32 Å². The molecule has 0 saturated carbocycles. The Morgan fingerprint density at radius 1 is 1.39 bits per heavy atom. The van der Waals surface area contributed by atoms with Crippen molar-refractivity contribution in [2.45, 2.75) is 32.9 Å². The summed E-state index contributed by atoms with van der Waals surface area (Å²) in [5.41, 5.74) is -0.476. The number of carbonyl (C=O) groups excluding carboxylic acids is 1. The summed E-state index contributed by atoms with van der Waals surface area (Å²) < 4.78 is 18.5. The van der Waals surface area contributed by atoms with Crippen LogP contribution in [-0.4, -0.2) is 11.7 Å². The van der Waals surface area contributed by atoms with E-state index in [-0.39, 0.29) is 22.2 Å². The van der Waals surface area contributed by atoms with Crippen LogP contribution >= 0.6 is 23.2 Å². The second-order valence-corrected chi connectivity index (χ2v) is 5.46. The first-order valence-corrected chi connectivity index (χ1v) is 6.05. The van der Waals surface area contributed by atoms with Gasteiger partial charge >= 0.3 is 6.09 Å². The van der Waals surface area contributed by atoms with Gasteiger partial charge in [-0.05, 0) is 32.9 Å². The highest BCUT2D eigenvalue weighted by molar-refractivity contribution is 6.42. The Balaban J connectivity index is 2.70. The second kappa shape index (κ2) is 5.76. The van der Waals surface area contributed by atoms with E-state index < -0.39 is 17.5 Å². The smallest absolute Gasteiger partial charge is 0.407 e. The lowest BCUT2D eigenvalue weighted by molar-refractivity contribution is 0.0523. The van der Waals surface area contributed by atoms with Gasteiger partial charge < -0.3 is 10.1 Å². The molecule has 1 aromatic rings. The van der Waals surface area contributed by atoms with Crippen LogP contribution in [0, 0.1) is 5.82 Å². The summed E-state index contributed by atoms with van der Waals surface area (Å²) in [7, 11) is 0. The SMILES string of the molecule is CC(C)(C)OC(=O)NCc1c(F)ccc(Cl)c1Cl. The summed E-state index contributed by atoms with van der Waals surface area (Å²) in [5, 5.41) is 2.75. The highest BCUT2D eigenvalue weighted by atomic mass is 35.5. The highest BCUT2D eigenvalue weighted by Gasteiger charge is 2.17. The molecule has 1 amide bonds. The lowest BCUT2D eigenvalue weighted by Crippen LogP contribution is -2.32. The average molecular weight is 294 g/mol. The van der Waals surface area contributed by atoms with E-state index in [1.807, 2.05) is 0 Å². The van der Waals surface area contributed by atoms with Gasteiger partial charge in [0.15, 0.2) is 0 Å². The number of nitrogens with one attached hydrogen (secondary N) is 1. The quantitative estimate of drug-likeness (QED) is 0.832. The van der Waals surface area contributed by atoms with E-state index >= 15 is 0 Å². The van der Waals surface area contributed by atoms with Gasteiger partial charge in [0.05, 0.1) is 16.6 Å². The summed E-state index contributed by atoms with van der Waals surface area (Å²) in [6.07, 6.45) is -0.641. The lowest BCUT2D eigenvalue weighted by Gasteiger charge is -2.20. The van der Waals surface area contributed by atoms with Crippen molar-refractivity contribution >= 4 is 29.3 Å². The van der Waals surface area contributed by atoms with Crippen molar-refractivity contribution < 1.29 is 13.9 Å². The van der Waals surface area contributed by atoms with Crippen LogP contribution in [0.2, 0.25) is 10.0 Å². The van der Waals surface area contributed by atoms with Crippen LogP contribution in [0.1, 0.15) is 26.3 Å². The summed E-state index contributed by atoms with van der Waals surface area (Å²) in [6, 6.07) is 2.55. The molecule has 0 aromatic heterocycles. The molecule has 0 fully saturated rings. The highest BCUT2D eigenvalue weighted by Crippen LogP contribution is 2.27. The number of halogens is 3. The monoisotopic (exact) mass is 293 g/mol. The maximum atomic E-state index is 13.5. The van der Waals surface area contributed by atoms with Crippen molar-refractivity contribution in [3.05, 3.63) is 33.6 Å². The molecule has 1 rings (SSSR count). The summed E-state index contributed by atoms with van der Waals surface area (Å²) >= 11 is 11.6. The average Bonchev–Trinajstić information content (AvgIpc) is 2.21. The molecule has 6 heteroatoms. The van der Waals surface area contributed by atoms with Crippen LogP contribution in [-0.2, 0) is 11.3 Å². The maximum absolute atomic E-state index is 13.5. The van der Waals surface area contributed by atoms with Crippen LogP contribution in [0.15, 0.2) is 12.1 Å². The van der Waals surface area contributed by atoms with Crippen LogP contribution in [0.4, 0.5) is 9.18 Å². The third kappa shape index (κ3) is 4.35. The zero-order valence-corrected chi connectivity index (χ0v) is 11.8. The third-order valence-electron chi connectivity index (χ3n) is 1.95. The summed E-state index contributed by atoms with van der Waals surface area (Å²) in [6.45, 7) is 5.12. The Bertz CT molecular complexity index is 458. The number of benzene rings is 1. The van der Waals surface area contributed by atoms with Gasteiger partial charge in [0.25, 0.3) is 0 Å². The van der Waals surface area contributed by atoms with Gasteiger partial charge in [-0.1, -0.05) is 23.2 Å². The molecule has 1 N–H and O–H groups in total. The van der Waals surface area contributed by atoms with Gasteiger partial charge in [-0.25, -0.2) is 9.18 Å². The van der Waals surface area contributed by atoms with Crippen LogP contribution in [0.5, 0.6) is 0 Å². The number of ether oxygens (including phenoxy) is 1. The van der Waals surface area contributed by atoms with E-state index in [1.54, 1.807) is 20.8 Å². The minimum Gasteiger partial charge on any atom is -0.444 e. The van der Waals surface area contributed by atoms with Crippen LogP contribution < -0.4 is 5.32 Å². The predicted octanol–water partition coefficient (Wildman–Crippen LogP) is 4.16. The van der Waals surface area contributed by atoms with E-state index in [0.29, 0.717) is 0 Å². The largest absolute Gasteiger partial charge is 0.444 e. The second-order valence-electron chi connectivity index (χ2n) is 4.68. The molecular weight excluding hydrogens is 280 g/mol. The topological polar surface area (TPSA) is 38.3 Å². The van der Waals surface area contributed by atoms with Crippen molar-refractivity contribution in [1.29, 1.82) is 0 Å². The molecule has 1 aromatic carbocycles. The van der Waals surface area contributed by atoms with E-state index in [4.69, 9.17) is 27.9 Å². The van der Waals surface area contributed by atoms with Crippen molar-refractivity contribution in [2.75, 3.05) is 0 Å². The summed E-state index contributed by atoms with van der Waals surface area (Å²) in [5.74, 6) is -0.527. The molecular formula is C12H14Cl2FNO2. The van der Waals surface area contributed by atoms with Crippen LogP contribution in [0.25, 0.3) is 0 Å². The maximum Gasteiger partial charge on any atom is 0.407 e. The molecule has 0 bridgehead atoms. The Hall–Kier alpha value is -1.000. The van der Waals surface area contributed by atoms with Crippen molar-refractivity contribution in [3.63, 3.8) is 0 Å². The number of hydrogen-bond acceptors (Lipinski definition) is 2. The van der Waals surface area contributed by atoms with E-state index in [9.17, 15) is 9.18 Å². The van der Waals surface area contributed by atoms with Crippen molar-refractivity contribution in [3.8, 4) is 0 Å². The third-order valence-corrected chi connectivity index (χ3v) is 2.79.